The maximum Gasteiger partial charge on any atom is 0.309 e. The molecule has 4 rings (SSSR count). The fourth-order valence-electron chi connectivity index (χ4n) is 4.75. The molecule has 1 aliphatic rings. The lowest BCUT2D eigenvalue weighted by molar-refractivity contribution is -0.166. The molecule has 0 saturated heterocycles. The van der Waals surface area contributed by atoms with Crippen LogP contribution in [0.2, 0.25) is 0 Å². The maximum atomic E-state index is 13.0. The van der Waals surface area contributed by atoms with Crippen LogP contribution in [0.3, 0.4) is 0 Å². The third-order valence-electron chi connectivity index (χ3n) is 7.31. The highest BCUT2D eigenvalue weighted by Gasteiger charge is 2.34. The molecule has 1 saturated carbocycles. The number of ether oxygens (including phenoxy) is 2. The van der Waals surface area contributed by atoms with Crippen LogP contribution in [0, 0.1) is 18.8 Å². The van der Waals surface area contributed by atoms with E-state index in [-0.39, 0.29) is 29.9 Å². The van der Waals surface area contributed by atoms with Gasteiger partial charge < -0.3 is 9.47 Å². The molecule has 1 aliphatic carbocycles. The van der Waals surface area contributed by atoms with Crippen LogP contribution in [0.15, 0.2) is 48.5 Å². The maximum absolute atomic E-state index is 13.0. The molecule has 1 fully saturated rings. The Hall–Kier alpha value is -2.88. The van der Waals surface area contributed by atoms with Crippen LogP contribution in [0.1, 0.15) is 70.9 Å². The standard InChI is InChI=1S/C30H36O4/c1-6-20(3)28(31)33-27-13-10-21(11-14-27)29(32)34-30(4,5)26-12-9-23-16-22-8-7-19(2)15-24(22)17-25(23)18-26/h7-9,12,15-18,20-21,27H,6,10-11,13-14H2,1-5H3. The molecule has 0 radical (unpaired) electrons. The van der Waals surface area contributed by atoms with E-state index in [1.807, 2.05) is 27.7 Å². The molecule has 4 heteroatoms. The van der Waals surface area contributed by atoms with Crippen molar-refractivity contribution in [1.82, 2.24) is 0 Å². The van der Waals surface area contributed by atoms with Gasteiger partial charge >= 0.3 is 11.9 Å². The van der Waals surface area contributed by atoms with Crippen molar-refractivity contribution in [1.29, 1.82) is 0 Å². The molecule has 3 aromatic rings. The van der Waals surface area contributed by atoms with Crippen molar-refractivity contribution < 1.29 is 19.1 Å². The molecule has 4 nitrogen and oxygen atoms in total. The van der Waals surface area contributed by atoms with E-state index in [0.29, 0.717) is 25.7 Å². The number of carbonyl (C=O) groups excluding carboxylic acids is 2. The highest BCUT2D eigenvalue weighted by Crippen LogP contribution is 2.34. The van der Waals surface area contributed by atoms with Gasteiger partial charge in [-0.05, 0) is 98.2 Å². The van der Waals surface area contributed by atoms with Gasteiger partial charge in [-0.15, -0.1) is 0 Å². The number of aryl methyl sites for hydroxylation is 1. The molecule has 34 heavy (non-hydrogen) atoms. The van der Waals surface area contributed by atoms with Crippen LogP contribution in [-0.2, 0) is 24.7 Å². The van der Waals surface area contributed by atoms with Crippen molar-refractivity contribution in [3.8, 4) is 0 Å². The second-order valence-corrected chi connectivity index (χ2v) is 10.4. The number of esters is 2. The molecule has 0 aromatic heterocycles. The average molecular weight is 461 g/mol. The van der Waals surface area contributed by atoms with Crippen LogP contribution in [0.4, 0.5) is 0 Å². The first-order chi connectivity index (χ1) is 16.2. The Morgan fingerprint density at radius 3 is 2.21 bits per heavy atom. The predicted molar refractivity (Wildman–Crippen MR) is 137 cm³/mol. The lowest BCUT2D eigenvalue weighted by atomic mass is 9.87. The second-order valence-electron chi connectivity index (χ2n) is 10.4. The Morgan fingerprint density at radius 2 is 1.53 bits per heavy atom. The highest BCUT2D eigenvalue weighted by atomic mass is 16.6. The van der Waals surface area contributed by atoms with E-state index in [1.54, 1.807) is 0 Å². The summed E-state index contributed by atoms with van der Waals surface area (Å²) in [6.07, 6.45) is 3.50. The molecular weight excluding hydrogens is 424 g/mol. The van der Waals surface area contributed by atoms with Crippen molar-refractivity contribution in [2.75, 3.05) is 0 Å². The third-order valence-corrected chi connectivity index (χ3v) is 7.31. The summed E-state index contributed by atoms with van der Waals surface area (Å²) in [5, 5.41) is 4.75. The molecule has 1 atom stereocenters. The fourth-order valence-corrected chi connectivity index (χ4v) is 4.75. The first-order valence-corrected chi connectivity index (χ1v) is 12.5. The SMILES string of the molecule is CCC(C)C(=O)OC1CCC(C(=O)OC(C)(C)c2ccc3cc4ccc(C)cc4cc3c2)CC1. The quantitative estimate of drug-likeness (QED) is 0.288. The lowest BCUT2D eigenvalue weighted by Crippen LogP contribution is -2.34. The summed E-state index contributed by atoms with van der Waals surface area (Å²) in [5.74, 6) is -0.516. The molecule has 180 valence electrons. The van der Waals surface area contributed by atoms with E-state index >= 15 is 0 Å². The van der Waals surface area contributed by atoms with Crippen LogP contribution < -0.4 is 0 Å². The summed E-state index contributed by atoms with van der Waals surface area (Å²) >= 11 is 0. The number of hydrogen-bond donors (Lipinski definition) is 0. The molecule has 0 bridgehead atoms. The van der Waals surface area contributed by atoms with E-state index in [0.717, 1.165) is 17.4 Å². The van der Waals surface area contributed by atoms with Crippen LogP contribution in [0.25, 0.3) is 21.5 Å². The Bertz CT molecular complexity index is 1200. The Kier molecular flexibility index (Phi) is 6.97. The summed E-state index contributed by atoms with van der Waals surface area (Å²) in [6, 6.07) is 17.2. The molecule has 0 aliphatic heterocycles. The number of fused-ring (bicyclic) bond motifs is 2. The summed E-state index contributed by atoms with van der Waals surface area (Å²) in [7, 11) is 0. The van der Waals surface area contributed by atoms with Crippen molar-refractivity contribution in [2.24, 2.45) is 11.8 Å². The van der Waals surface area contributed by atoms with Crippen LogP contribution in [0.5, 0.6) is 0 Å². The zero-order valence-corrected chi connectivity index (χ0v) is 21.0. The predicted octanol–water partition coefficient (Wildman–Crippen LogP) is 7.23. The molecule has 0 heterocycles. The van der Waals surface area contributed by atoms with Gasteiger partial charge in [-0.3, -0.25) is 9.59 Å². The number of rotatable bonds is 6. The Labute approximate surface area is 202 Å². The molecule has 3 aromatic carbocycles. The van der Waals surface area contributed by atoms with Crippen molar-refractivity contribution >= 4 is 33.5 Å². The van der Waals surface area contributed by atoms with Gasteiger partial charge in [0.15, 0.2) is 0 Å². The van der Waals surface area contributed by atoms with Crippen molar-refractivity contribution in [2.45, 2.75) is 78.4 Å². The highest BCUT2D eigenvalue weighted by molar-refractivity contribution is 5.98. The first-order valence-electron chi connectivity index (χ1n) is 12.5. The zero-order valence-electron chi connectivity index (χ0n) is 21.0. The van der Waals surface area contributed by atoms with E-state index < -0.39 is 5.60 Å². The van der Waals surface area contributed by atoms with E-state index in [9.17, 15) is 9.59 Å². The molecule has 0 spiro atoms. The summed E-state index contributed by atoms with van der Waals surface area (Å²) < 4.78 is 11.7. The van der Waals surface area contributed by atoms with Gasteiger partial charge in [-0.1, -0.05) is 49.7 Å². The van der Waals surface area contributed by atoms with Gasteiger partial charge in [0.1, 0.15) is 11.7 Å². The number of hydrogen-bond acceptors (Lipinski definition) is 4. The smallest absolute Gasteiger partial charge is 0.309 e. The molecule has 1 unspecified atom stereocenters. The van der Waals surface area contributed by atoms with Gasteiger partial charge in [0, 0.05) is 0 Å². The Balaban J connectivity index is 1.42. The topological polar surface area (TPSA) is 52.6 Å². The largest absolute Gasteiger partial charge is 0.462 e. The normalized spacial score (nSPS) is 19.7. The van der Waals surface area contributed by atoms with E-state index in [4.69, 9.17) is 9.47 Å². The fraction of sp³-hybridized carbons (Fsp3) is 0.467. The summed E-state index contributed by atoms with van der Waals surface area (Å²) in [4.78, 5) is 25.1. The van der Waals surface area contributed by atoms with Gasteiger partial charge in [0.25, 0.3) is 0 Å². The second kappa shape index (κ2) is 9.77. The Morgan fingerprint density at radius 1 is 0.912 bits per heavy atom. The van der Waals surface area contributed by atoms with E-state index in [2.05, 4.69) is 55.5 Å². The van der Waals surface area contributed by atoms with E-state index in [1.165, 1.54) is 21.7 Å². The van der Waals surface area contributed by atoms with Crippen molar-refractivity contribution in [3.63, 3.8) is 0 Å². The number of carbonyl (C=O) groups is 2. The van der Waals surface area contributed by atoms with Crippen LogP contribution in [-0.4, -0.2) is 18.0 Å². The average Bonchev–Trinajstić information content (AvgIpc) is 2.81. The molecule has 0 amide bonds. The number of benzene rings is 3. The van der Waals surface area contributed by atoms with Crippen LogP contribution >= 0.6 is 0 Å². The van der Waals surface area contributed by atoms with Gasteiger partial charge in [0.05, 0.1) is 11.8 Å². The lowest BCUT2D eigenvalue weighted by Gasteiger charge is -2.32. The molecule has 0 N–H and O–H groups in total. The monoisotopic (exact) mass is 460 g/mol. The minimum atomic E-state index is -0.729. The summed E-state index contributed by atoms with van der Waals surface area (Å²) in [6.45, 7) is 9.89. The zero-order chi connectivity index (χ0) is 24.5. The minimum absolute atomic E-state index is 0.0764. The third kappa shape index (κ3) is 5.27. The first kappa shape index (κ1) is 24.3. The van der Waals surface area contributed by atoms with Crippen molar-refractivity contribution in [3.05, 3.63) is 59.7 Å². The summed E-state index contributed by atoms with van der Waals surface area (Å²) in [5.41, 5.74) is 1.49. The molecular formula is C30H36O4. The van der Waals surface area contributed by atoms with Gasteiger partial charge in [-0.2, -0.15) is 0 Å². The van der Waals surface area contributed by atoms with Gasteiger partial charge in [-0.25, -0.2) is 0 Å². The minimum Gasteiger partial charge on any atom is -0.462 e. The van der Waals surface area contributed by atoms with Gasteiger partial charge in [0.2, 0.25) is 0 Å².